The first-order valence-electron chi connectivity index (χ1n) is 7.51. The molecule has 4 aromatic rings. The molecule has 2 N–H and O–H groups in total. The molecule has 0 fully saturated rings. The van der Waals surface area contributed by atoms with Crippen LogP contribution in [0.5, 0.6) is 0 Å². The summed E-state index contributed by atoms with van der Waals surface area (Å²) in [5.41, 5.74) is 6.65. The van der Waals surface area contributed by atoms with Crippen LogP contribution in [0.4, 0.5) is 11.4 Å². The van der Waals surface area contributed by atoms with Crippen molar-refractivity contribution in [2.45, 2.75) is 6.92 Å². The molecular weight excluding hydrogens is 284 g/mol. The lowest BCUT2D eigenvalue weighted by Gasteiger charge is -2.14. The predicted octanol–water partition coefficient (Wildman–Crippen LogP) is 4.68. The summed E-state index contributed by atoms with van der Waals surface area (Å²) in [5.74, 6) is 0. The van der Waals surface area contributed by atoms with Gasteiger partial charge >= 0.3 is 0 Å². The van der Waals surface area contributed by atoms with Gasteiger partial charge < -0.3 is 10.3 Å². The van der Waals surface area contributed by atoms with Crippen molar-refractivity contribution in [3.63, 3.8) is 0 Å². The van der Waals surface area contributed by atoms with Crippen LogP contribution in [0.3, 0.4) is 0 Å². The van der Waals surface area contributed by atoms with Crippen molar-refractivity contribution < 1.29 is 0 Å². The van der Waals surface area contributed by atoms with Crippen LogP contribution in [0, 0.1) is 6.92 Å². The van der Waals surface area contributed by atoms with E-state index in [-0.39, 0.29) is 0 Å². The minimum absolute atomic E-state index is 1.03. The van der Waals surface area contributed by atoms with Gasteiger partial charge in [-0.1, -0.05) is 0 Å². The van der Waals surface area contributed by atoms with Gasteiger partial charge in [-0.05, 0) is 54.4 Å². The summed E-state index contributed by atoms with van der Waals surface area (Å²) in [4.78, 5) is 11.6. The molecule has 4 rings (SSSR count). The number of aromatic nitrogens is 3. The van der Waals surface area contributed by atoms with Crippen molar-refractivity contribution in [3.05, 3.63) is 72.9 Å². The monoisotopic (exact) mass is 300 g/mol. The number of H-pyrrole nitrogens is 1. The standard InChI is InChI=1S/C19H16N4/c1-13-15-6-11-22-18(15)3-2-17(13)23-19-7-10-21-12-16(19)14-4-8-20-9-5-14/h2-12,22H,1H3,(H,21,23). The van der Waals surface area contributed by atoms with Crippen LogP contribution in [-0.4, -0.2) is 15.0 Å². The molecule has 0 aliphatic carbocycles. The average Bonchev–Trinajstić information content (AvgIpc) is 3.08. The first kappa shape index (κ1) is 13.5. The Balaban J connectivity index is 1.78. The molecule has 0 aliphatic heterocycles. The van der Waals surface area contributed by atoms with Gasteiger partial charge in [-0.3, -0.25) is 9.97 Å². The Bertz CT molecular complexity index is 957. The molecule has 4 heteroatoms. The second-order valence-corrected chi connectivity index (χ2v) is 5.46. The van der Waals surface area contributed by atoms with Gasteiger partial charge in [-0.15, -0.1) is 0 Å². The minimum Gasteiger partial charge on any atom is -0.361 e. The van der Waals surface area contributed by atoms with Crippen molar-refractivity contribution in [1.82, 2.24) is 15.0 Å². The van der Waals surface area contributed by atoms with Gasteiger partial charge in [0.2, 0.25) is 0 Å². The van der Waals surface area contributed by atoms with Crippen LogP contribution in [0.2, 0.25) is 0 Å². The van der Waals surface area contributed by atoms with Crippen molar-refractivity contribution in [1.29, 1.82) is 0 Å². The maximum atomic E-state index is 4.26. The highest BCUT2D eigenvalue weighted by Gasteiger charge is 2.08. The smallest absolute Gasteiger partial charge is 0.0495 e. The summed E-state index contributed by atoms with van der Waals surface area (Å²) in [7, 11) is 0. The third-order valence-corrected chi connectivity index (χ3v) is 4.09. The van der Waals surface area contributed by atoms with Gasteiger partial charge in [0.25, 0.3) is 0 Å². The van der Waals surface area contributed by atoms with Gasteiger partial charge in [0.15, 0.2) is 0 Å². The Morgan fingerprint density at radius 2 is 1.70 bits per heavy atom. The fourth-order valence-corrected chi connectivity index (χ4v) is 2.83. The van der Waals surface area contributed by atoms with E-state index in [0.29, 0.717) is 0 Å². The molecule has 4 nitrogen and oxygen atoms in total. The number of pyridine rings is 2. The van der Waals surface area contributed by atoms with Crippen LogP contribution in [0.1, 0.15) is 5.56 Å². The molecule has 0 aliphatic rings. The molecule has 23 heavy (non-hydrogen) atoms. The first-order valence-corrected chi connectivity index (χ1v) is 7.51. The highest BCUT2D eigenvalue weighted by Crippen LogP contribution is 2.32. The topological polar surface area (TPSA) is 53.6 Å². The fourth-order valence-electron chi connectivity index (χ4n) is 2.83. The van der Waals surface area contributed by atoms with E-state index in [2.05, 4.69) is 45.4 Å². The van der Waals surface area contributed by atoms with Crippen LogP contribution >= 0.6 is 0 Å². The van der Waals surface area contributed by atoms with E-state index in [1.54, 1.807) is 18.6 Å². The first-order chi connectivity index (χ1) is 11.3. The molecule has 0 spiro atoms. The lowest BCUT2D eigenvalue weighted by atomic mass is 10.1. The van der Waals surface area contributed by atoms with E-state index in [1.165, 1.54) is 10.9 Å². The summed E-state index contributed by atoms with van der Waals surface area (Å²) in [6.45, 7) is 2.13. The quantitative estimate of drug-likeness (QED) is 0.577. The van der Waals surface area contributed by atoms with E-state index in [0.717, 1.165) is 28.0 Å². The lowest BCUT2D eigenvalue weighted by Crippen LogP contribution is -1.96. The molecule has 0 amide bonds. The van der Waals surface area contributed by atoms with E-state index in [1.807, 2.05) is 30.6 Å². The molecule has 0 bridgehead atoms. The normalized spacial score (nSPS) is 10.8. The summed E-state index contributed by atoms with van der Waals surface area (Å²) in [6.07, 6.45) is 9.24. The summed E-state index contributed by atoms with van der Waals surface area (Å²) >= 11 is 0. The zero-order chi connectivity index (χ0) is 15.6. The van der Waals surface area contributed by atoms with Crippen molar-refractivity contribution in [3.8, 4) is 11.1 Å². The zero-order valence-corrected chi connectivity index (χ0v) is 12.7. The highest BCUT2D eigenvalue weighted by atomic mass is 14.9. The molecule has 0 saturated carbocycles. The summed E-state index contributed by atoms with van der Waals surface area (Å²) in [5, 5.41) is 4.78. The van der Waals surface area contributed by atoms with E-state index >= 15 is 0 Å². The zero-order valence-electron chi connectivity index (χ0n) is 12.7. The predicted molar refractivity (Wildman–Crippen MR) is 93.8 cm³/mol. The maximum absolute atomic E-state index is 4.26. The SMILES string of the molecule is Cc1c(Nc2ccncc2-c2ccncc2)ccc2[nH]ccc12. The summed E-state index contributed by atoms with van der Waals surface area (Å²) in [6, 6.07) is 12.3. The van der Waals surface area contributed by atoms with E-state index in [9.17, 15) is 0 Å². The van der Waals surface area contributed by atoms with Crippen molar-refractivity contribution >= 4 is 22.3 Å². The van der Waals surface area contributed by atoms with Gasteiger partial charge in [0, 0.05) is 58.8 Å². The molecule has 0 atom stereocenters. The van der Waals surface area contributed by atoms with Crippen LogP contribution in [0.15, 0.2) is 67.4 Å². The number of fused-ring (bicyclic) bond motifs is 1. The van der Waals surface area contributed by atoms with Gasteiger partial charge in [-0.2, -0.15) is 0 Å². The Hall–Kier alpha value is -3.14. The maximum Gasteiger partial charge on any atom is 0.0495 e. The average molecular weight is 300 g/mol. The van der Waals surface area contributed by atoms with E-state index in [4.69, 9.17) is 0 Å². The third kappa shape index (κ3) is 2.44. The van der Waals surface area contributed by atoms with Crippen LogP contribution < -0.4 is 5.32 Å². The van der Waals surface area contributed by atoms with Gasteiger partial charge in [0.05, 0.1) is 0 Å². The Morgan fingerprint density at radius 1 is 0.870 bits per heavy atom. The van der Waals surface area contributed by atoms with Crippen LogP contribution in [0.25, 0.3) is 22.0 Å². The number of anilines is 2. The number of nitrogens with zero attached hydrogens (tertiary/aromatic N) is 2. The molecule has 3 heterocycles. The molecule has 0 unspecified atom stereocenters. The Kier molecular flexibility index (Phi) is 3.27. The number of aromatic amines is 1. The highest BCUT2D eigenvalue weighted by molar-refractivity contribution is 5.90. The summed E-state index contributed by atoms with van der Waals surface area (Å²) < 4.78 is 0. The largest absolute Gasteiger partial charge is 0.361 e. The number of benzene rings is 1. The lowest BCUT2D eigenvalue weighted by molar-refractivity contribution is 1.30. The Labute approximate surface area is 134 Å². The number of rotatable bonds is 3. The molecule has 1 aromatic carbocycles. The second-order valence-electron chi connectivity index (χ2n) is 5.46. The van der Waals surface area contributed by atoms with Gasteiger partial charge in [-0.25, -0.2) is 0 Å². The molecule has 0 saturated heterocycles. The number of hydrogen-bond acceptors (Lipinski definition) is 3. The molecular formula is C19H16N4. The van der Waals surface area contributed by atoms with E-state index < -0.39 is 0 Å². The molecule has 0 radical (unpaired) electrons. The minimum atomic E-state index is 1.03. The Morgan fingerprint density at radius 3 is 2.57 bits per heavy atom. The number of hydrogen-bond donors (Lipinski definition) is 2. The third-order valence-electron chi connectivity index (χ3n) is 4.09. The molecule has 112 valence electrons. The second kappa shape index (κ2) is 5.57. The number of aryl methyl sites for hydroxylation is 1. The molecule has 3 aromatic heterocycles. The van der Waals surface area contributed by atoms with Crippen molar-refractivity contribution in [2.24, 2.45) is 0 Å². The van der Waals surface area contributed by atoms with Crippen molar-refractivity contribution in [2.75, 3.05) is 5.32 Å². The van der Waals surface area contributed by atoms with Crippen LogP contribution in [-0.2, 0) is 0 Å². The fraction of sp³-hybridized carbons (Fsp3) is 0.0526. The van der Waals surface area contributed by atoms with Gasteiger partial charge in [0.1, 0.15) is 0 Å². The number of nitrogens with one attached hydrogen (secondary N) is 2.